The summed E-state index contributed by atoms with van der Waals surface area (Å²) in [4.78, 5) is 44.3. The molecule has 0 N–H and O–H groups in total. The number of benzene rings is 1. The van der Waals surface area contributed by atoms with Crippen LogP contribution in [0.1, 0.15) is 69.2 Å². The molecule has 8 heteroatoms. The first kappa shape index (κ1) is 22.8. The molecule has 1 fully saturated rings. The monoisotopic (exact) mass is 406 g/mol. The van der Waals surface area contributed by atoms with Gasteiger partial charge in [0.1, 0.15) is 11.3 Å². The molecule has 1 saturated heterocycles. The normalized spacial score (nSPS) is 20.3. The molecule has 0 aromatic heterocycles. The van der Waals surface area contributed by atoms with E-state index in [-0.39, 0.29) is 13.2 Å². The first-order chi connectivity index (χ1) is 13.5. The minimum Gasteiger partial charge on any atom is -0.444 e. The molecule has 3 amide bonds. The summed E-state index contributed by atoms with van der Waals surface area (Å²) in [6, 6.07) is 6.02. The summed E-state index contributed by atoms with van der Waals surface area (Å²) in [5.74, 6) is -1.03. The Morgan fingerprint density at radius 3 is 2.14 bits per heavy atom. The maximum atomic E-state index is 12.6. The SMILES string of the molecule is CC.CC(C)(C)OC(=O)N1C(CON2C(=O)c3ccccc3C2=O)COC1(C)C. The Balaban J connectivity index is 0.00000145. The van der Waals surface area contributed by atoms with Gasteiger partial charge in [0.25, 0.3) is 11.8 Å². The average molecular weight is 406 g/mol. The van der Waals surface area contributed by atoms with E-state index in [0.29, 0.717) is 11.1 Å². The van der Waals surface area contributed by atoms with Gasteiger partial charge in [0.05, 0.1) is 30.4 Å². The molecule has 8 nitrogen and oxygen atoms in total. The number of hydrogen-bond donors (Lipinski definition) is 0. The Kier molecular flexibility index (Phi) is 6.70. The number of rotatable bonds is 3. The second-order valence-corrected chi connectivity index (χ2v) is 8.01. The van der Waals surface area contributed by atoms with Gasteiger partial charge < -0.3 is 9.47 Å². The van der Waals surface area contributed by atoms with Crippen LogP contribution in [0.25, 0.3) is 0 Å². The van der Waals surface area contributed by atoms with Crippen LogP contribution >= 0.6 is 0 Å². The molecule has 0 saturated carbocycles. The van der Waals surface area contributed by atoms with Gasteiger partial charge in [-0.05, 0) is 46.8 Å². The van der Waals surface area contributed by atoms with Gasteiger partial charge in [-0.2, -0.15) is 0 Å². The zero-order chi connectivity index (χ0) is 22.0. The van der Waals surface area contributed by atoms with Gasteiger partial charge in [0.15, 0.2) is 0 Å². The van der Waals surface area contributed by atoms with E-state index in [1.54, 1.807) is 58.9 Å². The third kappa shape index (κ3) is 4.76. The van der Waals surface area contributed by atoms with Crippen LogP contribution in [0.15, 0.2) is 24.3 Å². The number of hydrogen-bond acceptors (Lipinski definition) is 6. The van der Waals surface area contributed by atoms with E-state index in [4.69, 9.17) is 14.3 Å². The number of fused-ring (bicyclic) bond motifs is 1. The Hall–Kier alpha value is -2.45. The van der Waals surface area contributed by atoms with Crippen molar-refractivity contribution in [1.82, 2.24) is 9.96 Å². The van der Waals surface area contributed by atoms with Crippen LogP contribution < -0.4 is 0 Å². The fourth-order valence-corrected chi connectivity index (χ4v) is 3.13. The van der Waals surface area contributed by atoms with Crippen LogP contribution in [0.2, 0.25) is 0 Å². The van der Waals surface area contributed by atoms with E-state index in [9.17, 15) is 14.4 Å². The zero-order valence-electron chi connectivity index (χ0n) is 18.1. The molecule has 3 rings (SSSR count). The number of carbonyl (C=O) groups excluding carboxylic acids is 3. The van der Waals surface area contributed by atoms with Crippen molar-refractivity contribution in [2.24, 2.45) is 0 Å². The summed E-state index contributed by atoms with van der Waals surface area (Å²) in [5, 5.41) is 0.739. The van der Waals surface area contributed by atoms with Crippen molar-refractivity contribution in [1.29, 1.82) is 0 Å². The highest BCUT2D eigenvalue weighted by Gasteiger charge is 2.47. The summed E-state index contributed by atoms with van der Waals surface area (Å²) < 4.78 is 11.1. The number of nitrogens with zero attached hydrogens (tertiary/aromatic N) is 2. The van der Waals surface area contributed by atoms with E-state index >= 15 is 0 Å². The lowest BCUT2D eigenvalue weighted by atomic mass is 10.1. The van der Waals surface area contributed by atoms with Crippen LogP contribution in [-0.2, 0) is 14.3 Å². The van der Waals surface area contributed by atoms with Gasteiger partial charge in [-0.1, -0.05) is 26.0 Å². The van der Waals surface area contributed by atoms with Crippen molar-refractivity contribution in [3.05, 3.63) is 35.4 Å². The number of imide groups is 1. The van der Waals surface area contributed by atoms with E-state index in [1.165, 1.54) is 4.90 Å². The Morgan fingerprint density at radius 2 is 1.66 bits per heavy atom. The Morgan fingerprint density at radius 1 is 1.14 bits per heavy atom. The van der Waals surface area contributed by atoms with E-state index in [1.807, 2.05) is 13.8 Å². The standard InChI is InChI=1S/C19H24N2O6.C2H6/c1-18(2,3)27-17(24)20-12(10-25-19(20,4)5)11-26-21-15(22)13-8-6-7-9-14(13)16(21)23;1-2/h6-9,12H,10-11H2,1-5H3;1-2H3. The number of amides is 3. The quantitative estimate of drug-likeness (QED) is 0.713. The predicted octanol–water partition coefficient (Wildman–Crippen LogP) is 3.61. The Labute approximate surface area is 171 Å². The van der Waals surface area contributed by atoms with Crippen LogP contribution in [0, 0.1) is 0 Å². The molecule has 2 aliphatic rings. The lowest BCUT2D eigenvalue weighted by Gasteiger charge is -2.35. The van der Waals surface area contributed by atoms with Crippen LogP contribution in [0.3, 0.4) is 0 Å². The summed E-state index contributed by atoms with van der Waals surface area (Å²) in [7, 11) is 0. The molecule has 2 aliphatic heterocycles. The number of hydroxylamine groups is 2. The molecule has 1 atom stereocenters. The molecule has 2 heterocycles. The fourth-order valence-electron chi connectivity index (χ4n) is 3.13. The van der Waals surface area contributed by atoms with Gasteiger partial charge >= 0.3 is 6.09 Å². The van der Waals surface area contributed by atoms with Gasteiger partial charge in [0, 0.05) is 0 Å². The highest BCUT2D eigenvalue weighted by Crippen LogP contribution is 2.30. The molecule has 0 aliphatic carbocycles. The van der Waals surface area contributed by atoms with Crippen molar-refractivity contribution in [3.63, 3.8) is 0 Å². The van der Waals surface area contributed by atoms with E-state index in [2.05, 4.69) is 0 Å². The van der Waals surface area contributed by atoms with Gasteiger partial charge in [-0.3, -0.25) is 19.3 Å². The minimum atomic E-state index is -0.891. The molecule has 160 valence electrons. The maximum absolute atomic E-state index is 12.6. The van der Waals surface area contributed by atoms with Gasteiger partial charge in [-0.15, -0.1) is 5.06 Å². The lowest BCUT2D eigenvalue weighted by molar-refractivity contribution is -0.109. The molecular formula is C21H30N2O6. The maximum Gasteiger partial charge on any atom is 0.412 e. The van der Waals surface area contributed by atoms with Crippen LogP contribution in [0.5, 0.6) is 0 Å². The third-order valence-corrected chi connectivity index (χ3v) is 4.32. The van der Waals surface area contributed by atoms with Crippen molar-refractivity contribution >= 4 is 17.9 Å². The molecule has 1 aromatic rings. The van der Waals surface area contributed by atoms with Crippen molar-refractivity contribution in [2.45, 2.75) is 65.8 Å². The topological polar surface area (TPSA) is 85.4 Å². The molecule has 0 bridgehead atoms. The van der Waals surface area contributed by atoms with Gasteiger partial charge in [0.2, 0.25) is 0 Å². The van der Waals surface area contributed by atoms with Crippen molar-refractivity contribution in [2.75, 3.05) is 13.2 Å². The predicted molar refractivity (Wildman–Crippen MR) is 106 cm³/mol. The lowest BCUT2D eigenvalue weighted by Crippen LogP contribution is -2.51. The smallest absolute Gasteiger partial charge is 0.412 e. The van der Waals surface area contributed by atoms with Crippen molar-refractivity contribution < 1.29 is 28.7 Å². The first-order valence-corrected chi connectivity index (χ1v) is 9.78. The molecule has 1 unspecified atom stereocenters. The van der Waals surface area contributed by atoms with E-state index in [0.717, 1.165) is 5.06 Å². The number of ether oxygens (including phenoxy) is 2. The summed E-state index contributed by atoms with van der Waals surface area (Å²) in [6.07, 6.45) is -0.541. The molecule has 1 aromatic carbocycles. The molecule has 0 spiro atoms. The molecule has 0 radical (unpaired) electrons. The van der Waals surface area contributed by atoms with Gasteiger partial charge in [-0.25, -0.2) is 4.79 Å². The van der Waals surface area contributed by atoms with E-state index < -0.39 is 35.3 Å². The summed E-state index contributed by atoms with van der Waals surface area (Å²) in [6.45, 7) is 13.0. The molecular weight excluding hydrogens is 376 g/mol. The zero-order valence-corrected chi connectivity index (χ0v) is 18.1. The first-order valence-electron chi connectivity index (χ1n) is 9.78. The van der Waals surface area contributed by atoms with Crippen LogP contribution in [0.4, 0.5) is 4.79 Å². The minimum absolute atomic E-state index is 0.0753. The second kappa shape index (κ2) is 8.51. The highest BCUT2D eigenvalue weighted by molar-refractivity contribution is 6.20. The number of carbonyl (C=O) groups is 3. The molecule has 29 heavy (non-hydrogen) atoms. The highest BCUT2D eigenvalue weighted by atomic mass is 16.7. The summed E-state index contributed by atoms with van der Waals surface area (Å²) in [5.41, 5.74) is -0.953. The van der Waals surface area contributed by atoms with Crippen molar-refractivity contribution in [3.8, 4) is 0 Å². The Bertz CT molecular complexity index is 749. The fraction of sp³-hybridized carbons (Fsp3) is 0.571. The average Bonchev–Trinajstić information content (AvgIpc) is 3.08. The van der Waals surface area contributed by atoms with Crippen LogP contribution in [-0.4, -0.2) is 58.5 Å². The third-order valence-electron chi connectivity index (χ3n) is 4.32. The largest absolute Gasteiger partial charge is 0.444 e. The second-order valence-electron chi connectivity index (χ2n) is 8.01. The summed E-state index contributed by atoms with van der Waals surface area (Å²) >= 11 is 0.